The summed E-state index contributed by atoms with van der Waals surface area (Å²) in [5, 5.41) is 3.81. The van der Waals surface area contributed by atoms with Crippen LogP contribution in [0.25, 0.3) is 5.69 Å². The molecule has 0 aliphatic carbocycles. The molecule has 0 fully saturated rings. The van der Waals surface area contributed by atoms with Gasteiger partial charge >= 0.3 is 0 Å². The van der Waals surface area contributed by atoms with Gasteiger partial charge < -0.3 is 0 Å². The molecule has 0 unspecified atom stereocenters. The number of H-pyrrole nitrogens is 1. The van der Waals surface area contributed by atoms with E-state index < -0.39 is 0 Å². The zero-order chi connectivity index (χ0) is 10.1. The number of hydrogen-bond acceptors (Lipinski definition) is 2. The highest BCUT2D eigenvalue weighted by Gasteiger charge is 2.05. The Balaban J connectivity index is 2.62. The molecule has 0 spiro atoms. The first-order valence-corrected chi connectivity index (χ1v) is 4.93. The Labute approximate surface area is 95.3 Å². The summed E-state index contributed by atoms with van der Waals surface area (Å²) < 4.78 is 2.03. The van der Waals surface area contributed by atoms with Gasteiger partial charge in [0.25, 0.3) is 0 Å². The van der Waals surface area contributed by atoms with Gasteiger partial charge in [0.2, 0.25) is 4.77 Å². The Bertz CT molecular complexity index is 517. The molecule has 1 N–H and O–H groups in total. The maximum atomic E-state index is 6.00. The fourth-order valence-corrected chi connectivity index (χ4v) is 1.60. The van der Waals surface area contributed by atoms with Crippen LogP contribution in [0.1, 0.15) is 0 Å². The van der Waals surface area contributed by atoms with Gasteiger partial charge in [0.1, 0.15) is 6.33 Å². The predicted octanol–water partition coefficient (Wildman–Crippen LogP) is 3.24. The van der Waals surface area contributed by atoms with E-state index in [-0.39, 0.29) is 0 Å². The van der Waals surface area contributed by atoms with Crippen LogP contribution in [0, 0.1) is 4.77 Å². The van der Waals surface area contributed by atoms with E-state index in [4.69, 9.17) is 35.4 Å². The van der Waals surface area contributed by atoms with Crippen LogP contribution in [0.4, 0.5) is 0 Å². The van der Waals surface area contributed by atoms with Crippen LogP contribution in [-0.2, 0) is 0 Å². The highest BCUT2D eigenvalue weighted by molar-refractivity contribution is 7.71. The van der Waals surface area contributed by atoms with Crippen LogP contribution in [0.3, 0.4) is 0 Å². The highest BCUT2D eigenvalue weighted by Crippen LogP contribution is 2.27. The van der Waals surface area contributed by atoms with Crippen molar-refractivity contribution in [1.29, 1.82) is 0 Å². The average molecular weight is 246 g/mol. The largest absolute Gasteiger partial charge is 0.267 e. The van der Waals surface area contributed by atoms with Crippen molar-refractivity contribution in [2.45, 2.75) is 0 Å². The molecule has 0 bridgehead atoms. The topological polar surface area (TPSA) is 33.6 Å². The Morgan fingerprint density at radius 1 is 1.36 bits per heavy atom. The van der Waals surface area contributed by atoms with Gasteiger partial charge in [-0.15, -0.1) is 0 Å². The fraction of sp³-hybridized carbons (Fsp3) is 0. The number of aromatic nitrogens is 3. The fourth-order valence-electron chi connectivity index (χ4n) is 1.07. The predicted molar refractivity (Wildman–Crippen MR) is 58.8 cm³/mol. The first kappa shape index (κ1) is 9.71. The minimum absolute atomic E-state index is 0.404. The first-order chi connectivity index (χ1) is 6.68. The summed E-state index contributed by atoms with van der Waals surface area (Å²) in [7, 11) is 0. The van der Waals surface area contributed by atoms with Crippen molar-refractivity contribution in [3.63, 3.8) is 0 Å². The van der Waals surface area contributed by atoms with E-state index >= 15 is 0 Å². The van der Waals surface area contributed by atoms with Crippen LogP contribution >= 0.6 is 35.4 Å². The minimum atomic E-state index is 0.404. The van der Waals surface area contributed by atoms with Crippen molar-refractivity contribution in [2.75, 3.05) is 0 Å². The second kappa shape index (κ2) is 3.73. The lowest BCUT2D eigenvalue weighted by Crippen LogP contribution is -1.95. The molecule has 0 aliphatic rings. The SMILES string of the molecule is S=c1ncn(-c2cccc(Cl)c2Cl)[nH]1. The maximum Gasteiger partial charge on any atom is 0.213 e. The molecule has 14 heavy (non-hydrogen) atoms. The third-order valence-corrected chi connectivity index (χ3v) is 2.70. The van der Waals surface area contributed by atoms with E-state index in [0.717, 1.165) is 5.69 Å². The zero-order valence-corrected chi connectivity index (χ0v) is 9.20. The Kier molecular flexibility index (Phi) is 2.58. The number of nitrogens with one attached hydrogen (secondary N) is 1. The number of benzene rings is 1. The van der Waals surface area contributed by atoms with E-state index in [9.17, 15) is 0 Å². The normalized spacial score (nSPS) is 10.4. The quantitative estimate of drug-likeness (QED) is 0.783. The lowest BCUT2D eigenvalue weighted by atomic mass is 10.3. The van der Waals surface area contributed by atoms with Gasteiger partial charge in [-0.2, -0.15) is 0 Å². The molecule has 0 amide bonds. The molecule has 0 atom stereocenters. The van der Waals surface area contributed by atoms with E-state index in [2.05, 4.69) is 10.1 Å². The molecule has 72 valence electrons. The number of aromatic amines is 1. The molecule has 6 heteroatoms. The van der Waals surface area contributed by atoms with Crippen molar-refractivity contribution in [3.05, 3.63) is 39.3 Å². The summed E-state index contributed by atoms with van der Waals surface area (Å²) in [5.74, 6) is 0. The van der Waals surface area contributed by atoms with E-state index in [1.807, 2.05) is 6.07 Å². The van der Waals surface area contributed by atoms with Gasteiger partial charge in [-0.05, 0) is 24.4 Å². The van der Waals surface area contributed by atoms with Gasteiger partial charge in [0.05, 0.1) is 15.7 Å². The van der Waals surface area contributed by atoms with Gasteiger partial charge in [-0.3, -0.25) is 5.10 Å². The van der Waals surface area contributed by atoms with Crippen LogP contribution in [0.2, 0.25) is 10.0 Å². The van der Waals surface area contributed by atoms with Gasteiger partial charge in [-0.1, -0.05) is 29.3 Å². The zero-order valence-electron chi connectivity index (χ0n) is 6.87. The molecular weight excluding hydrogens is 241 g/mol. The molecule has 1 aromatic heterocycles. The first-order valence-electron chi connectivity index (χ1n) is 3.76. The number of nitrogens with zero attached hydrogens (tertiary/aromatic N) is 2. The number of rotatable bonds is 1. The summed E-state index contributed by atoms with van der Waals surface area (Å²) in [5.41, 5.74) is 0.725. The minimum Gasteiger partial charge on any atom is -0.267 e. The molecule has 0 aliphatic heterocycles. The van der Waals surface area contributed by atoms with Crippen molar-refractivity contribution in [1.82, 2.24) is 14.8 Å². The molecule has 2 rings (SSSR count). The molecule has 1 heterocycles. The summed E-state index contributed by atoms with van der Waals surface area (Å²) in [6.07, 6.45) is 1.56. The summed E-state index contributed by atoms with van der Waals surface area (Å²) in [6.45, 7) is 0. The summed E-state index contributed by atoms with van der Waals surface area (Å²) in [6, 6.07) is 5.35. The van der Waals surface area contributed by atoms with E-state index in [1.54, 1.807) is 23.1 Å². The van der Waals surface area contributed by atoms with Crippen molar-refractivity contribution in [2.24, 2.45) is 0 Å². The maximum absolute atomic E-state index is 6.00. The van der Waals surface area contributed by atoms with Crippen LogP contribution in [0.15, 0.2) is 24.5 Å². The molecule has 2 aromatic rings. The van der Waals surface area contributed by atoms with E-state index in [1.165, 1.54) is 0 Å². The second-order valence-corrected chi connectivity index (χ2v) is 3.78. The molecule has 0 saturated carbocycles. The monoisotopic (exact) mass is 245 g/mol. The van der Waals surface area contributed by atoms with Crippen LogP contribution in [-0.4, -0.2) is 14.8 Å². The Hall–Kier alpha value is -0.840. The van der Waals surface area contributed by atoms with Gasteiger partial charge in [0.15, 0.2) is 0 Å². The summed E-state index contributed by atoms with van der Waals surface area (Å²) in [4.78, 5) is 3.88. The van der Waals surface area contributed by atoms with Crippen molar-refractivity contribution < 1.29 is 0 Å². The van der Waals surface area contributed by atoms with Gasteiger partial charge in [-0.25, -0.2) is 9.67 Å². The lowest BCUT2D eigenvalue weighted by molar-refractivity contribution is 0.874. The highest BCUT2D eigenvalue weighted by atomic mass is 35.5. The molecular formula is C8H5Cl2N3S. The molecule has 0 radical (unpaired) electrons. The van der Waals surface area contributed by atoms with Crippen LogP contribution in [0.5, 0.6) is 0 Å². The molecule has 1 aromatic carbocycles. The number of hydrogen-bond donors (Lipinski definition) is 1. The third kappa shape index (κ3) is 1.68. The summed E-state index contributed by atoms with van der Waals surface area (Å²) >= 11 is 16.7. The average Bonchev–Trinajstić information content (AvgIpc) is 2.57. The third-order valence-electron chi connectivity index (χ3n) is 1.70. The molecule has 0 saturated heterocycles. The smallest absolute Gasteiger partial charge is 0.213 e. The Morgan fingerprint density at radius 2 is 2.14 bits per heavy atom. The van der Waals surface area contributed by atoms with E-state index in [0.29, 0.717) is 14.8 Å². The Morgan fingerprint density at radius 3 is 2.79 bits per heavy atom. The standard InChI is InChI=1S/C8H5Cl2N3S/c9-5-2-1-3-6(7(5)10)13-4-11-8(14)12-13/h1-4H,(H,12,14). The number of halogens is 2. The second-order valence-electron chi connectivity index (χ2n) is 2.60. The lowest BCUT2D eigenvalue weighted by Gasteiger charge is -2.04. The van der Waals surface area contributed by atoms with Crippen molar-refractivity contribution >= 4 is 35.4 Å². The molecule has 3 nitrogen and oxygen atoms in total. The van der Waals surface area contributed by atoms with Gasteiger partial charge in [0, 0.05) is 0 Å². The van der Waals surface area contributed by atoms with Crippen molar-refractivity contribution in [3.8, 4) is 5.69 Å². The van der Waals surface area contributed by atoms with Crippen LogP contribution < -0.4 is 0 Å².